The van der Waals surface area contributed by atoms with Gasteiger partial charge in [0, 0.05) is 5.56 Å². The van der Waals surface area contributed by atoms with Gasteiger partial charge in [0.15, 0.2) is 5.69 Å². The monoisotopic (exact) mass is 486 g/mol. The van der Waals surface area contributed by atoms with Crippen LogP contribution in [0, 0.1) is 6.92 Å². The lowest BCUT2D eigenvalue weighted by molar-refractivity contribution is 0.0949. The third-order valence-electron chi connectivity index (χ3n) is 5.95. The number of nitrogens with one attached hydrogen (secondary N) is 1. The number of rotatable bonds is 7. The molecule has 0 aliphatic heterocycles. The zero-order valence-corrected chi connectivity index (χ0v) is 20.6. The van der Waals surface area contributed by atoms with Crippen molar-refractivity contribution in [1.82, 2.24) is 15.2 Å². The van der Waals surface area contributed by atoms with Crippen molar-refractivity contribution in [2.75, 3.05) is 7.11 Å². The molecule has 0 aliphatic carbocycles. The number of hydrogen-bond acceptors (Lipinski definition) is 4. The molecule has 1 amide bonds. The molecule has 6 nitrogen and oxygen atoms in total. The number of nitrogens with zero attached hydrogens (tertiary/aromatic N) is 3. The SMILES string of the molecule is COc1cccc(/C=N\NC(=O)c2cc(-c3ccc(-c4ccccc4)cc3)n(-c3cccc(C)c3)n2)c1. The summed E-state index contributed by atoms with van der Waals surface area (Å²) in [6, 6.07) is 35.7. The number of aromatic nitrogens is 2. The van der Waals surface area contributed by atoms with Crippen LogP contribution >= 0.6 is 0 Å². The Morgan fingerprint density at radius 3 is 2.32 bits per heavy atom. The highest BCUT2D eigenvalue weighted by Gasteiger charge is 2.17. The number of benzene rings is 4. The Balaban J connectivity index is 1.45. The average Bonchev–Trinajstić information content (AvgIpc) is 3.40. The highest BCUT2D eigenvalue weighted by atomic mass is 16.5. The summed E-state index contributed by atoms with van der Waals surface area (Å²) < 4.78 is 7.03. The minimum atomic E-state index is -0.396. The van der Waals surface area contributed by atoms with Crippen molar-refractivity contribution in [3.8, 4) is 33.8 Å². The Labute approximate surface area is 215 Å². The molecule has 1 heterocycles. The fourth-order valence-corrected chi connectivity index (χ4v) is 4.06. The van der Waals surface area contributed by atoms with Gasteiger partial charge in [-0.3, -0.25) is 4.79 Å². The third kappa shape index (κ3) is 5.49. The van der Waals surface area contributed by atoms with Crippen LogP contribution in [0.25, 0.3) is 28.1 Å². The highest BCUT2D eigenvalue weighted by molar-refractivity contribution is 5.94. The summed E-state index contributed by atoms with van der Waals surface area (Å²) in [4.78, 5) is 13.0. The summed E-state index contributed by atoms with van der Waals surface area (Å²) in [5, 5.41) is 8.75. The Kier molecular flexibility index (Phi) is 6.90. The van der Waals surface area contributed by atoms with Crippen LogP contribution in [0.1, 0.15) is 21.6 Å². The molecule has 0 spiro atoms. The molecule has 1 aromatic heterocycles. The lowest BCUT2D eigenvalue weighted by atomic mass is 10.0. The maximum absolute atomic E-state index is 13.0. The van der Waals surface area contributed by atoms with Crippen molar-refractivity contribution in [1.29, 1.82) is 0 Å². The molecular weight excluding hydrogens is 460 g/mol. The van der Waals surface area contributed by atoms with E-state index in [1.165, 1.54) is 0 Å². The van der Waals surface area contributed by atoms with E-state index in [-0.39, 0.29) is 5.69 Å². The van der Waals surface area contributed by atoms with Crippen molar-refractivity contribution >= 4 is 12.1 Å². The number of methoxy groups -OCH3 is 1. The first-order valence-electron chi connectivity index (χ1n) is 11.9. The molecule has 4 aromatic carbocycles. The molecule has 0 fully saturated rings. The molecule has 0 unspecified atom stereocenters. The number of aryl methyl sites for hydroxylation is 1. The zero-order chi connectivity index (χ0) is 25.6. The first kappa shape index (κ1) is 23.8. The fourth-order valence-electron chi connectivity index (χ4n) is 4.06. The minimum Gasteiger partial charge on any atom is -0.497 e. The molecule has 6 heteroatoms. The molecule has 0 bridgehead atoms. The lowest BCUT2D eigenvalue weighted by Crippen LogP contribution is -2.18. The van der Waals surface area contributed by atoms with Crippen LogP contribution in [0.2, 0.25) is 0 Å². The maximum atomic E-state index is 13.0. The van der Waals surface area contributed by atoms with Crippen LogP contribution < -0.4 is 10.2 Å². The van der Waals surface area contributed by atoms with E-state index in [0.717, 1.165) is 44.9 Å². The van der Waals surface area contributed by atoms with Crippen molar-refractivity contribution < 1.29 is 9.53 Å². The largest absolute Gasteiger partial charge is 0.497 e. The van der Waals surface area contributed by atoms with Gasteiger partial charge in [-0.05, 0) is 59.5 Å². The van der Waals surface area contributed by atoms with E-state index in [1.54, 1.807) is 24.1 Å². The van der Waals surface area contributed by atoms with E-state index in [0.29, 0.717) is 0 Å². The van der Waals surface area contributed by atoms with Gasteiger partial charge >= 0.3 is 0 Å². The Bertz CT molecular complexity index is 1550. The second-order valence-corrected chi connectivity index (χ2v) is 8.58. The highest BCUT2D eigenvalue weighted by Crippen LogP contribution is 2.28. The van der Waals surface area contributed by atoms with E-state index < -0.39 is 5.91 Å². The molecule has 5 aromatic rings. The van der Waals surface area contributed by atoms with E-state index in [1.807, 2.05) is 85.8 Å². The molecule has 1 N–H and O–H groups in total. The van der Waals surface area contributed by atoms with Gasteiger partial charge in [0.1, 0.15) is 5.75 Å². The minimum absolute atomic E-state index is 0.270. The summed E-state index contributed by atoms with van der Waals surface area (Å²) in [5.74, 6) is 0.322. The second-order valence-electron chi connectivity index (χ2n) is 8.58. The van der Waals surface area contributed by atoms with E-state index in [4.69, 9.17) is 4.74 Å². The van der Waals surface area contributed by atoms with Crippen LogP contribution in [0.15, 0.2) is 114 Å². The van der Waals surface area contributed by atoms with Gasteiger partial charge in [-0.2, -0.15) is 10.2 Å². The summed E-state index contributed by atoms with van der Waals surface area (Å²) in [6.45, 7) is 2.03. The topological polar surface area (TPSA) is 68.5 Å². The quantitative estimate of drug-likeness (QED) is 0.217. The smallest absolute Gasteiger partial charge is 0.291 e. The molecule has 0 saturated carbocycles. The Morgan fingerprint density at radius 2 is 1.57 bits per heavy atom. The Morgan fingerprint density at radius 1 is 0.838 bits per heavy atom. The van der Waals surface area contributed by atoms with Gasteiger partial charge in [0.25, 0.3) is 5.91 Å². The second kappa shape index (κ2) is 10.7. The van der Waals surface area contributed by atoms with Crippen LogP contribution in [0.5, 0.6) is 5.75 Å². The molecule has 0 atom stereocenters. The van der Waals surface area contributed by atoms with Gasteiger partial charge in [-0.1, -0.05) is 78.9 Å². The van der Waals surface area contributed by atoms with Gasteiger partial charge in [0.05, 0.1) is 24.7 Å². The number of amides is 1. The van der Waals surface area contributed by atoms with Crippen LogP contribution in [0.3, 0.4) is 0 Å². The molecular formula is C31H26N4O2. The van der Waals surface area contributed by atoms with Crippen LogP contribution in [-0.4, -0.2) is 29.0 Å². The van der Waals surface area contributed by atoms with Crippen molar-refractivity contribution in [3.05, 3.63) is 126 Å². The number of carbonyl (C=O) groups excluding carboxylic acids is 1. The normalized spacial score (nSPS) is 11.0. The summed E-state index contributed by atoms with van der Waals surface area (Å²) in [7, 11) is 1.61. The van der Waals surface area contributed by atoms with Crippen molar-refractivity contribution in [2.45, 2.75) is 6.92 Å². The molecule has 182 valence electrons. The third-order valence-corrected chi connectivity index (χ3v) is 5.95. The van der Waals surface area contributed by atoms with Crippen molar-refractivity contribution in [3.63, 3.8) is 0 Å². The molecule has 0 radical (unpaired) electrons. The summed E-state index contributed by atoms with van der Waals surface area (Å²) in [5.41, 5.74) is 9.68. The van der Waals surface area contributed by atoms with E-state index >= 15 is 0 Å². The number of ether oxygens (including phenoxy) is 1. The predicted molar refractivity (Wildman–Crippen MR) is 147 cm³/mol. The number of carbonyl (C=O) groups is 1. The lowest BCUT2D eigenvalue weighted by Gasteiger charge is -2.09. The van der Waals surface area contributed by atoms with Crippen LogP contribution in [-0.2, 0) is 0 Å². The molecule has 37 heavy (non-hydrogen) atoms. The van der Waals surface area contributed by atoms with Gasteiger partial charge in [-0.15, -0.1) is 0 Å². The van der Waals surface area contributed by atoms with Crippen LogP contribution in [0.4, 0.5) is 0 Å². The average molecular weight is 487 g/mol. The molecule has 0 saturated heterocycles. The first-order chi connectivity index (χ1) is 18.1. The standard InChI is InChI=1S/C31H26N4O2/c1-22-8-6-12-27(18-22)35-30(26-16-14-25(15-17-26)24-10-4-3-5-11-24)20-29(34-35)31(36)33-32-21-23-9-7-13-28(19-23)37-2/h3-21H,1-2H3,(H,33,36)/b32-21-. The summed E-state index contributed by atoms with van der Waals surface area (Å²) >= 11 is 0. The first-order valence-corrected chi connectivity index (χ1v) is 11.9. The zero-order valence-electron chi connectivity index (χ0n) is 20.6. The van der Waals surface area contributed by atoms with E-state index in [9.17, 15) is 4.79 Å². The molecule has 5 rings (SSSR count). The van der Waals surface area contributed by atoms with E-state index in [2.05, 4.69) is 39.9 Å². The summed E-state index contributed by atoms with van der Waals surface area (Å²) in [6.07, 6.45) is 1.57. The van der Waals surface area contributed by atoms with Gasteiger partial charge in [-0.25, -0.2) is 10.1 Å². The van der Waals surface area contributed by atoms with Crippen molar-refractivity contribution in [2.24, 2.45) is 5.10 Å². The predicted octanol–water partition coefficient (Wildman–Crippen LogP) is 6.29. The van der Waals surface area contributed by atoms with Gasteiger partial charge < -0.3 is 4.74 Å². The van der Waals surface area contributed by atoms with Gasteiger partial charge in [0.2, 0.25) is 0 Å². The fraction of sp³-hybridized carbons (Fsp3) is 0.0645. The number of hydrazone groups is 1. The number of hydrogen-bond donors (Lipinski definition) is 1. The molecule has 0 aliphatic rings. The Hall–Kier alpha value is -4.97. The maximum Gasteiger partial charge on any atom is 0.291 e.